The SMILES string of the molecule is Cn1nc(-c2cc(Cl)c3cc[nH]c3c2)cc1N. The summed E-state index contributed by atoms with van der Waals surface area (Å²) >= 11 is 6.21. The van der Waals surface area contributed by atoms with Gasteiger partial charge in [-0.1, -0.05) is 11.6 Å². The summed E-state index contributed by atoms with van der Waals surface area (Å²) in [4.78, 5) is 3.14. The second-order valence-corrected chi connectivity index (χ2v) is 4.38. The maximum absolute atomic E-state index is 6.21. The van der Waals surface area contributed by atoms with E-state index >= 15 is 0 Å². The number of benzene rings is 1. The molecule has 2 heterocycles. The van der Waals surface area contributed by atoms with Crippen LogP contribution < -0.4 is 5.73 Å². The van der Waals surface area contributed by atoms with Crippen LogP contribution >= 0.6 is 11.6 Å². The van der Waals surface area contributed by atoms with E-state index in [0.29, 0.717) is 10.8 Å². The first-order valence-corrected chi connectivity index (χ1v) is 5.59. The van der Waals surface area contributed by atoms with Gasteiger partial charge in [-0.25, -0.2) is 0 Å². The lowest BCUT2D eigenvalue weighted by molar-refractivity contribution is 0.782. The predicted octanol–water partition coefficient (Wildman–Crippen LogP) is 2.80. The van der Waals surface area contributed by atoms with Crippen LogP contribution in [-0.2, 0) is 7.05 Å². The van der Waals surface area contributed by atoms with Gasteiger partial charge in [0.25, 0.3) is 0 Å². The average Bonchev–Trinajstić information content (AvgIpc) is 2.87. The van der Waals surface area contributed by atoms with Gasteiger partial charge in [0.1, 0.15) is 5.82 Å². The summed E-state index contributed by atoms with van der Waals surface area (Å²) in [5.74, 6) is 0.628. The number of fused-ring (bicyclic) bond motifs is 1. The zero-order chi connectivity index (χ0) is 12.0. The molecule has 0 aliphatic carbocycles. The Balaban J connectivity index is 2.23. The molecule has 3 N–H and O–H groups in total. The zero-order valence-electron chi connectivity index (χ0n) is 9.24. The third-order valence-corrected chi connectivity index (χ3v) is 3.14. The number of anilines is 1. The highest BCUT2D eigenvalue weighted by atomic mass is 35.5. The molecule has 0 amide bonds. The average molecular weight is 247 g/mol. The van der Waals surface area contributed by atoms with Crippen LogP contribution in [0.15, 0.2) is 30.5 Å². The number of aromatic nitrogens is 3. The topological polar surface area (TPSA) is 59.6 Å². The van der Waals surface area contributed by atoms with E-state index in [4.69, 9.17) is 17.3 Å². The summed E-state index contributed by atoms with van der Waals surface area (Å²) < 4.78 is 1.64. The van der Waals surface area contributed by atoms with Crippen LogP contribution in [-0.4, -0.2) is 14.8 Å². The number of halogens is 1. The summed E-state index contributed by atoms with van der Waals surface area (Å²) in [5, 5.41) is 6.06. The lowest BCUT2D eigenvalue weighted by atomic mass is 10.1. The van der Waals surface area contributed by atoms with Crippen molar-refractivity contribution < 1.29 is 0 Å². The van der Waals surface area contributed by atoms with Gasteiger partial charge < -0.3 is 10.7 Å². The van der Waals surface area contributed by atoms with Crippen molar-refractivity contribution in [3.05, 3.63) is 35.5 Å². The van der Waals surface area contributed by atoms with Crippen LogP contribution in [0.1, 0.15) is 0 Å². The molecular formula is C12H11ClN4. The van der Waals surface area contributed by atoms with Crippen molar-refractivity contribution in [2.24, 2.45) is 7.05 Å². The van der Waals surface area contributed by atoms with E-state index in [1.54, 1.807) is 4.68 Å². The maximum Gasteiger partial charge on any atom is 0.121 e. The zero-order valence-corrected chi connectivity index (χ0v) is 9.99. The molecule has 0 bridgehead atoms. The Kier molecular flexibility index (Phi) is 2.12. The number of aromatic amines is 1. The van der Waals surface area contributed by atoms with Crippen LogP contribution in [0.3, 0.4) is 0 Å². The molecule has 0 spiro atoms. The Morgan fingerprint density at radius 2 is 2.18 bits per heavy atom. The largest absolute Gasteiger partial charge is 0.384 e. The normalized spacial score (nSPS) is 11.2. The standard InChI is InChI=1S/C12H11ClN4/c1-17-12(14)6-10(16-17)7-4-9(13)8-2-3-15-11(8)5-7/h2-6,15H,14H2,1H3. The summed E-state index contributed by atoms with van der Waals surface area (Å²) in [5.41, 5.74) is 8.54. The second kappa shape index (κ2) is 3.53. The fourth-order valence-electron chi connectivity index (χ4n) is 1.89. The van der Waals surface area contributed by atoms with Gasteiger partial charge in [0.2, 0.25) is 0 Å². The van der Waals surface area contributed by atoms with Crippen LogP contribution in [0.4, 0.5) is 5.82 Å². The van der Waals surface area contributed by atoms with Gasteiger partial charge in [0.15, 0.2) is 0 Å². The monoisotopic (exact) mass is 246 g/mol. The van der Waals surface area contributed by atoms with Crippen molar-refractivity contribution in [1.29, 1.82) is 0 Å². The number of rotatable bonds is 1. The number of nitrogens with two attached hydrogens (primary N) is 1. The minimum absolute atomic E-state index is 0.628. The van der Waals surface area contributed by atoms with Crippen molar-refractivity contribution in [1.82, 2.24) is 14.8 Å². The minimum atomic E-state index is 0.628. The number of hydrogen-bond acceptors (Lipinski definition) is 2. The first kappa shape index (κ1) is 10.2. The van der Waals surface area contributed by atoms with Crippen LogP contribution in [0.25, 0.3) is 22.2 Å². The van der Waals surface area contributed by atoms with Gasteiger partial charge in [-0.2, -0.15) is 5.10 Å². The molecule has 0 saturated carbocycles. The lowest BCUT2D eigenvalue weighted by Crippen LogP contribution is -1.96. The molecule has 0 atom stereocenters. The molecule has 4 nitrogen and oxygen atoms in total. The van der Waals surface area contributed by atoms with Crippen molar-refractivity contribution in [2.75, 3.05) is 5.73 Å². The van der Waals surface area contributed by atoms with Crippen LogP contribution in [0.2, 0.25) is 5.02 Å². The van der Waals surface area contributed by atoms with E-state index in [0.717, 1.165) is 22.2 Å². The third kappa shape index (κ3) is 1.57. The molecule has 0 saturated heterocycles. The highest BCUT2D eigenvalue weighted by Crippen LogP contribution is 2.30. The van der Waals surface area contributed by atoms with Crippen LogP contribution in [0.5, 0.6) is 0 Å². The molecule has 1 aromatic carbocycles. The Morgan fingerprint density at radius 3 is 2.88 bits per heavy atom. The first-order valence-electron chi connectivity index (χ1n) is 5.21. The molecule has 3 aromatic rings. The Morgan fingerprint density at radius 1 is 1.35 bits per heavy atom. The Labute approximate surface area is 103 Å². The summed E-state index contributed by atoms with van der Waals surface area (Å²) in [6.07, 6.45) is 1.87. The number of nitrogens with zero attached hydrogens (tertiary/aromatic N) is 2. The lowest BCUT2D eigenvalue weighted by Gasteiger charge is -2.00. The summed E-state index contributed by atoms with van der Waals surface area (Å²) in [6, 6.07) is 7.71. The molecule has 17 heavy (non-hydrogen) atoms. The summed E-state index contributed by atoms with van der Waals surface area (Å²) in [6.45, 7) is 0. The Bertz CT molecular complexity index is 676. The molecule has 5 heteroatoms. The molecule has 3 rings (SSSR count). The minimum Gasteiger partial charge on any atom is -0.384 e. The second-order valence-electron chi connectivity index (χ2n) is 3.98. The van der Waals surface area contributed by atoms with E-state index in [2.05, 4.69) is 10.1 Å². The fourth-order valence-corrected chi connectivity index (χ4v) is 2.17. The molecule has 0 aliphatic heterocycles. The van der Waals surface area contributed by atoms with Gasteiger partial charge in [0, 0.05) is 35.8 Å². The van der Waals surface area contributed by atoms with E-state index < -0.39 is 0 Å². The van der Waals surface area contributed by atoms with Gasteiger partial charge in [-0.15, -0.1) is 0 Å². The highest BCUT2D eigenvalue weighted by molar-refractivity contribution is 6.35. The number of aryl methyl sites for hydroxylation is 1. The first-order chi connectivity index (χ1) is 8.15. The van der Waals surface area contributed by atoms with Gasteiger partial charge in [-0.05, 0) is 18.2 Å². The van der Waals surface area contributed by atoms with Gasteiger partial charge >= 0.3 is 0 Å². The Hall–Kier alpha value is -1.94. The van der Waals surface area contributed by atoms with Crippen molar-refractivity contribution in [3.63, 3.8) is 0 Å². The molecule has 2 aromatic heterocycles. The fraction of sp³-hybridized carbons (Fsp3) is 0.0833. The van der Waals surface area contributed by atoms with Gasteiger partial charge in [-0.3, -0.25) is 4.68 Å². The van der Waals surface area contributed by atoms with E-state index in [9.17, 15) is 0 Å². The van der Waals surface area contributed by atoms with E-state index in [-0.39, 0.29) is 0 Å². The molecule has 0 unspecified atom stereocenters. The molecule has 0 fully saturated rings. The van der Waals surface area contributed by atoms with E-state index in [1.165, 1.54) is 0 Å². The number of nitrogens with one attached hydrogen (secondary N) is 1. The highest BCUT2D eigenvalue weighted by Gasteiger charge is 2.08. The summed E-state index contributed by atoms with van der Waals surface area (Å²) in [7, 11) is 1.81. The maximum atomic E-state index is 6.21. The van der Waals surface area contributed by atoms with Gasteiger partial charge in [0.05, 0.1) is 10.7 Å². The number of nitrogen functional groups attached to an aromatic ring is 1. The van der Waals surface area contributed by atoms with Crippen molar-refractivity contribution in [2.45, 2.75) is 0 Å². The van der Waals surface area contributed by atoms with Crippen molar-refractivity contribution in [3.8, 4) is 11.3 Å². The molecule has 0 aliphatic rings. The van der Waals surface area contributed by atoms with E-state index in [1.807, 2.05) is 37.5 Å². The van der Waals surface area contributed by atoms with Crippen molar-refractivity contribution >= 4 is 28.3 Å². The predicted molar refractivity (Wildman–Crippen MR) is 69.9 cm³/mol. The molecular weight excluding hydrogens is 236 g/mol. The third-order valence-electron chi connectivity index (χ3n) is 2.83. The quantitative estimate of drug-likeness (QED) is 0.694. The smallest absolute Gasteiger partial charge is 0.121 e. The van der Waals surface area contributed by atoms with Crippen LogP contribution in [0, 0.1) is 0 Å². The number of H-pyrrole nitrogens is 1. The molecule has 86 valence electrons. The molecule has 0 radical (unpaired) electrons. The number of hydrogen-bond donors (Lipinski definition) is 2.